The number of amides is 1. The van der Waals surface area contributed by atoms with E-state index >= 15 is 0 Å². The minimum Gasteiger partial charge on any atom is -0.312 e. The number of benzene rings is 2. The van der Waals surface area contributed by atoms with Gasteiger partial charge in [-0.2, -0.15) is 5.26 Å². The van der Waals surface area contributed by atoms with Crippen molar-refractivity contribution in [3.63, 3.8) is 0 Å². The Balaban J connectivity index is 1.58. The van der Waals surface area contributed by atoms with E-state index in [0.29, 0.717) is 22.0 Å². The summed E-state index contributed by atoms with van der Waals surface area (Å²) in [6, 6.07) is 20.0. The molecule has 0 fully saturated rings. The van der Waals surface area contributed by atoms with Crippen LogP contribution in [0.1, 0.15) is 45.3 Å². The Kier molecular flexibility index (Phi) is 5.24. The van der Waals surface area contributed by atoms with E-state index in [-0.39, 0.29) is 5.91 Å². The lowest BCUT2D eigenvalue weighted by atomic mass is 9.88. The molecule has 1 aliphatic rings. The van der Waals surface area contributed by atoms with Crippen molar-refractivity contribution >= 4 is 33.1 Å². The van der Waals surface area contributed by atoms with Crippen LogP contribution in [-0.4, -0.2) is 10.9 Å². The van der Waals surface area contributed by atoms with E-state index in [0.717, 1.165) is 52.5 Å². The third kappa shape index (κ3) is 3.68. The number of nitrogens with zero attached hydrogens (tertiary/aromatic N) is 2. The molecule has 2 heterocycles. The van der Waals surface area contributed by atoms with Gasteiger partial charge in [0.05, 0.1) is 22.3 Å². The number of para-hydroxylation sites is 1. The lowest BCUT2D eigenvalue weighted by molar-refractivity contribution is 0.102. The largest absolute Gasteiger partial charge is 0.312 e. The van der Waals surface area contributed by atoms with Gasteiger partial charge in [0.2, 0.25) is 0 Å². The van der Waals surface area contributed by atoms with Gasteiger partial charge >= 0.3 is 0 Å². The molecule has 0 radical (unpaired) electrons. The van der Waals surface area contributed by atoms with Crippen LogP contribution in [0.2, 0.25) is 0 Å². The highest BCUT2D eigenvalue weighted by molar-refractivity contribution is 7.16. The summed E-state index contributed by atoms with van der Waals surface area (Å²) in [7, 11) is 0. The Morgan fingerprint density at radius 2 is 2.03 bits per heavy atom. The van der Waals surface area contributed by atoms with Crippen molar-refractivity contribution in [2.45, 2.75) is 33.1 Å². The minimum atomic E-state index is -0.208. The van der Waals surface area contributed by atoms with Gasteiger partial charge in [-0.25, -0.2) is 4.98 Å². The lowest BCUT2D eigenvalue weighted by Crippen LogP contribution is -2.13. The van der Waals surface area contributed by atoms with Crippen molar-refractivity contribution in [2.75, 3.05) is 5.32 Å². The van der Waals surface area contributed by atoms with Gasteiger partial charge < -0.3 is 5.32 Å². The van der Waals surface area contributed by atoms with Crippen molar-refractivity contribution in [3.8, 4) is 17.3 Å². The van der Waals surface area contributed by atoms with Crippen molar-refractivity contribution in [3.05, 3.63) is 81.7 Å². The maximum absolute atomic E-state index is 13.5. The first-order valence-electron chi connectivity index (χ1n) is 10.9. The molecule has 5 rings (SSSR count). The van der Waals surface area contributed by atoms with Crippen molar-refractivity contribution in [1.29, 1.82) is 5.26 Å². The molecule has 0 saturated carbocycles. The molecular formula is C27H23N3OS. The molecule has 0 unspecified atom stereocenters. The number of hydrogen-bond donors (Lipinski definition) is 1. The van der Waals surface area contributed by atoms with Crippen LogP contribution in [0, 0.1) is 24.2 Å². The van der Waals surface area contributed by atoms with Crippen LogP contribution in [0.4, 0.5) is 5.00 Å². The maximum atomic E-state index is 13.5. The second-order valence-electron chi connectivity index (χ2n) is 8.56. The van der Waals surface area contributed by atoms with E-state index in [1.54, 1.807) is 11.3 Å². The zero-order chi connectivity index (χ0) is 22.2. The van der Waals surface area contributed by atoms with E-state index in [9.17, 15) is 10.1 Å². The van der Waals surface area contributed by atoms with Crippen LogP contribution >= 0.6 is 11.3 Å². The van der Waals surface area contributed by atoms with Crippen LogP contribution in [0.15, 0.2) is 54.6 Å². The summed E-state index contributed by atoms with van der Waals surface area (Å²) >= 11 is 1.55. The quantitative estimate of drug-likeness (QED) is 0.397. The SMILES string of the molecule is Cc1cccc(-c2cc(C(=O)Nc3sc4c(c3C#N)CC[C@@H](C)C4)c3ccccc3n2)c1. The van der Waals surface area contributed by atoms with E-state index in [2.05, 4.69) is 24.4 Å². The number of pyridine rings is 1. The number of carbonyl (C=O) groups excluding carboxylic acids is 1. The minimum absolute atomic E-state index is 0.208. The fourth-order valence-corrected chi connectivity index (χ4v) is 5.80. The Labute approximate surface area is 191 Å². The molecule has 1 amide bonds. The fraction of sp³-hybridized carbons (Fsp3) is 0.222. The summed E-state index contributed by atoms with van der Waals surface area (Å²) in [5, 5.41) is 14.3. The highest BCUT2D eigenvalue weighted by Gasteiger charge is 2.25. The number of nitriles is 1. The van der Waals surface area contributed by atoms with E-state index in [1.165, 1.54) is 4.88 Å². The van der Waals surface area contributed by atoms with E-state index < -0.39 is 0 Å². The second-order valence-corrected chi connectivity index (χ2v) is 9.67. The number of hydrogen-bond acceptors (Lipinski definition) is 4. The van der Waals surface area contributed by atoms with Crippen LogP contribution in [-0.2, 0) is 12.8 Å². The molecule has 0 saturated heterocycles. The Bertz CT molecular complexity index is 1400. The Morgan fingerprint density at radius 3 is 2.84 bits per heavy atom. The number of rotatable bonds is 3. The smallest absolute Gasteiger partial charge is 0.257 e. The van der Waals surface area contributed by atoms with Gasteiger partial charge in [-0.3, -0.25) is 4.79 Å². The molecule has 5 heteroatoms. The van der Waals surface area contributed by atoms with Crippen LogP contribution in [0.25, 0.3) is 22.2 Å². The summed E-state index contributed by atoms with van der Waals surface area (Å²) in [5.41, 5.74) is 5.96. The first kappa shape index (κ1) is 20.4. The summed E-state index contributed by atoms with van der Waals surface area (Å²) < 4.78 is 0. The molecular weight excluding hydrogens is 414 g/mol. The number of anilines is 1. The molecule has 2 aromatic carbocycles. The fourth-order valence-electron chi connectivity index (χ4n) is 4.44. The molecule has 2 aromatic heterocycles. The third-order valence-electron chi connectivity index (χ3n) is 6.13. The molecule has 32 heavy (non-hydrogen) atoms. The number of nitrogens with one attached hydrogen (secondary N) is 1. The Hall–Kier alpha value is -3.49. The highest BCUT2D eigenvalue weighted by Crippen LogP contribution is 2.39. The van der Waals surface area contributed by atoms with Gasteiger partial charge in [0.1, 0.15) is 11.1 Å². The van der Waals surface area contributed by atoms with Gasteiger partial charge in [-0.1, -0.05) is 48.9 Å². The van der Waals surface area contributed by atoms with Crippen LogP contribution in [0.5, 0.6) is 0 Å². The molecule has 4 nitrogen and oxygen atoms in total. The lowest BCUT2D eigenvalue weighted by Gasteiger charge is -2.17. The van der Waals surface area contributed by atoms with E-state index in [1.807, 2.05) is 55.5 Å². The van der Waals surface area contributed by atoms with Gasteiger partial charge in [0, 0.05) is 15.8 Å². The van der Waals surface area contributed by atoms with Gasteiger partial charge in [0.15, 0.2) is 0 Å². The van der Waals surface area contributed by atoms with Crippen molar-refractivity contribution in [1.82, 2.24) is 4.98 Å². The number of aromatic nitrogens is 1. The van der Waals surface area contributed by atoms with Gasteiger partial charge in [0.25, 0.3) is 5.91 Å². The summed E-state index contributed by atoms with van der Waals surface area (Å²) in [6.45, 7) is 4.28. The van der Waals surface area contributed by atoms with Crippen molar-refractivity contribution < 1.29 is 4.79 Å². The number of thiophene rings is 1. The van der Waals surface area contributed by atoms with Gasteiger partial charge in [-0.15, -0.1) is 11.3 Å². The molecule has 1 aliphatic carbocycles. The zero-order valence-electron chi connectivity index (χ0n) is 18.1. The topological polar surface area (TPSA) is 65.8 Å². The summed E-state index contributed by atoms with van der Waals surface area (Å²) in [5.74, 6) is 0.401. The number of carbonyl (C=O) groups is 1. The highest BCUT2D eigenvalue weighted by atomic mass is 32.1. The normalized spacial score (nSPS) is 15.2. The average Bonchev–Trinajstić information content (AvgIpc) is 3.14. The number of aryl methyl sites for hydroxylation is 1. The summed E-state index contributed by atoms with van der Waals surface area (Å²) in [4.78, 5) is 19.5. The molecule has 0 bridgehead atoms. The van der Waals surface area contributed by atoms with Crippen LogP contribution in [0.3, 0.4) is 0 Å². The number of fused-ring (bicyclic) bond motifs is 2. The second kappa shape index (κ2) is 8.22. The first-order chi connectivity index (χ1) is 15.5. The molecule has 158 valence electrons. The molecule has 0 aliphatic heterocycles. The zero-order valence-corrected chi connectivity index (χ0v) is 18.9. The monoisotopic (exact) mass is 437 g/mol. The maximum Gasteiger partial charge on any atom is 0.257 e. The predicted molar refractivity (Wildman–Crippen MR) is 130 cm³/mol. The average molecular weight is 438 g/mol. The molecule has 1 N–H and O–H groups in total. The van der Waals surface area contributed by atoms with Crippen molar-refractivity contribution in [2.24, 2.45) is 5.92 Å². The standard InChI is InChI=1S/C27H23N3OS/c1-16-6-5-7-18(12-16)24-14-21(19-8-3-4-9-23(19)29-24)26(31)30-27-22(15-28)20-11-10-17(2)13-25(20)32-27/h3-9,12,14,17H,10-11,13H2,1-2H3,(H,30,31)/t17-/m1/s1. The van der Waals surface area contributed by atoms with Gasteiger partial charge in [-0.05, 0) is 55.9 Å². The summed E-state index contributed by atoms with van der Waals surface area (Å²) in [6.07, 6.45) is 2.96. The molecule has 1 atom stereocenters. The predicted octanol–water partition coefficient (Wildman–Crippen LogP) is 6.52. The molecule has 4 aromatic rings. The first-order valence-corrected chi connectivity index (χ1v) is 11.7. The third-order valence-corrected chi connectivity index (χ3v) is 7.29. The molecule has 0 spiro atoms. The Morgan fingerprint density at radius 1 is 1.19 bits per heavy atom. The van der Waals surface area contributed by atoms with E-state index in [4.69, 9.17) is 4.98 Å². The van der Waals surface area contributed by atoms with Crippen LogP contribution < -0.4 is 5.32 Å².